The molecule has 0 unspecified atom stereocenters. The number of nitrogens with zero attached hydrogens (tertiary/aromatic N) is 5. The van der Waals surface area contributed by atoms with E-state index < -0.39 is 0 Å². The molecule has 0 atom stereocenters. The van der Waals surface area contributed by atoms with E-state index in [-0.39, 0.29) is 0 Å². The van der Waals surface area contributed by atoms with Gasteiger partial charge in [-0.3, -0.25) is 0 Å². The number of fused-ring (bicyclic) bond motifs is 9. The van der Waals surface area contributed by atoms with Gasteiger partial charge in [-0.1, -0.05) is 394 Å². The highest BCUT2D eigenvalue weighted by atomic mass is 15.2. The number of benzene rings is 22. The van der Waals surface area contributed by atoms with Gasteiger partial charge < -0.3 is 23.8 Å². The fourth-order valence-corrected chi connectivity index (χ4v) is 19.7. The van der Waals surface area contributed by atoms with Crippen LogP contribution in [0.1, 0.15) is 0 Å². The zero-order valence-electron chi connectivity index (χ0n) is 72.0. The highest BCUT2D eigenvalue weighted by Gasteiger charge is 2.29. The average Bonchev–Trinajstić information content (AvgIpc) is 1.60. The van der Waals surface area contributed by atoms with Gasteiger partial charge in [0.15, 0.2) is 0 Å². The molecule has 5 heteroatoms. The Balaban J connectivity index is 0.000000153. The van der Waals surface area contributed by atoms with E-state index in [1.165, 1.54) is 148 Å². The molecule has 0 aliphatic carbocycles. The molecule has 24 aromatic rings. The summed E-state index contributed by atoms with van der Waals surface area (Å²) in [7, 11) is 0. The van der Waals surface area contributed by atoms with Crippen molar-refractivity contribution in [3.05, 3.63) is 528 Å². The van der Waals surface area contributed by atoms with Crippen LogP contribution in [0, 0.1) is 0 Å². The van der Waals surface area contributed by atoms with Crippen molar-refractivity contribution in [1.29, 1.82) is 0 Å². The summed E-state index contributed by atoms with van der Waals surface area (Å²) in [5.41, 5.74) is 31.2. The van der Waals surface area contributed by atoms with E-state index in [0.29, 0.717) is 0 Å². The lowest BCUT2D eigenvalue weighted by molar-refractivity contribution is 1.14. The highest BCUT2D eigenvalue weighted by molar-refractivity contribution is 6.22. The van der Waals surface area contributed by atoms with Gasteiger partial charge in [0.05, 0.1) is 33.8 Å². The standard InChI is InChI=1S/C70H49N3.C56H38N2/c1-6-21-50(22-7-1)51-37-41-58(42-38-51)72(61-47-45-60(46-48-61)71(56-29-12-4-13-30-56)57-31-14-5-15-32-57)59-43-39-53(40-44-59)65-49-66-68(54-24-8-2-9-25-54)69(55-26-10-3-11-27-55)73(70(66)64-35-19-18-34-63(64)65)67-36-20-28-52-23-16-17-33-62(52)67;1-4-19-42(20-5-1)54-52-38-51(41-32-34-46(35-33-41)57(45-25-8-3-9-26-45)53-30-16-24-40-18-12-13-27-48(40)53)49-28-14-15-29-50(49)56(52)58(55(54)43-21-6-2-7-22-43)47-36-31-39-17-10-11-23-44(39)37-47/h1-49H;1-38H. The maximum absolute atomic E-state index is 2.54. The Labute approximate surface area is 762 Å². The zero-order valence-corrected chi connectivity index (χ0v) is 72.0. The van der Waals surface area contributed by atoms with Crippen molar-refractivity contribution in [1.82, 2.24) is 9.13 Å². The third kappa shape index (κ3) is 14.7. The van der Waals surface area contributed by atoms with Crippen molar-refractivity contribution in [3.8, 4) is 89.5 Å². The Morgan fingerprint density at radius 1 is 0.153 bits per heavy atom. The highest BCUT2D eigenvalue weighted by Crippen LogP contribution is 2.53. The Hall–Kier alpha value is -17.4. The summed E-state index contributed by atoms with van der Waals surface area (Å²) >= 11 is 0. The molecular weight excluding hydrogens is 1580 g/mol. The summed E-state index contributed by atoms with van der Waals surface area (Å²) in [4.78, 5) is 7.04. The normalized spacial score (nSPS) is 11.4. The summed E-state index contributed by atoms with van der Waals surface area (Å²) in [6.07, 6.45) is 0. The Kier molecular flexibility index (Phi) is 20.6. The number of rotatable bonds is 18. The molecule has 0 fully saturated rings. The van der Waals surface area contributed by atoms with Crippen molar-refractivity contribution in [3.63, 3.8) is 0 Å². The molecule has 0 saturated carbocycles. The fourth-order valence-electron chi connectivity index (χ4n) is 19.7. The topological polar surface area (TPSA) is 19.6 Å². The molecule has 0 aliphatic rings. The van der Waals surface area contributed by atoms with E-state index in [9.17, 15) is 0 Å². The van der Waals surface area contributed by atoms with Gasteiger partial charge in [-0.05, 0) is 221 Å². The molecule has 24 rings (SSSR count). The average molecular weight is 1670 g/mol. The molecule has 0 amide bonds. The van der Waals surface area contributed by atoms with Gasteiger partial charge in [-0.25, -0.2) is 0 Å². The van der Waals surface area contributed by atoms with E-state index in [0.717, 1.165) is 68.1 Å². The first-order chi connectivity index (χ1) is 65.0. The van der Waals surface area contributed by atoms with E-state index in [4.69, 9.17) is 0 Å². The van der Waals surface area contributed by atoms with Crippen LogP contribution in [0.3, 0.4) is 0 Å². The molecule has 0 aliphatic heterocycles. The number of aromatic nitrogens is 2. The van der Waals surface area contributed by atoms with Gasteiger partial charge in [-0.2, -0.15) is 0 Å². The number of hydrogen-bond acceptors (Lipinski definition) is 3. The van der Waals surface area contributed by atoms with Crippen molar-refractivity contribution in [2.75, 3.05) is 14.7 Å². The molecule has 616 valence electrons. The largest absolute Gasteiger partial charge is 0.311 e. The quantitative estimate of drug-likeness (QED) is 0.0854. The van der Waals surface area contributed by atoms with Crippen LogP contribution in [0.25, 0.3) is 165 Å². The smallest absolute Gasteiger partial charge is 0.0620 e. The first-order valence-electron chi connectivity index (χ1n) is 44.9. The lowest BCUT2D eigenvalue weighted by Crippen LogP contribution is -2.12. The van der Waals surface area contributed by atoms with Crippen LogP contribution in [-0.4, -0.2) is 9.13 Å². The number of hydrogen-bond donors (Lipinski definition) is 0. The van der Waals surface area contributed by atoms with Crippen molar-refractivity contribution < 1.29 is 0 Å². The lowest BCUT2D eigenvalue weighted by Gasteiger charge is -2.28. The summed E-state index contributed by atoms with van der Waals surface area (Å²) < 4.78 is 5.05. The summed E-state index contributed by atoms with van der Waals surface area (Å²) in [5.74, 6) is 0. The molecule has 0 saturated heterocycles. The molecule has 2 aromatic heterocycles. The number of para-hydroxylation sites is 3. The minimum absolute atomic E-state index is 1.06. The number of anilines is 9. The van der Waals surface area contributed by atoms with E-state index in [2.05, 4.69) is 552 Å². The predicted molar refractivity (Wildman–Crippen MR) is 556 cm³/mol. The molecular formula is C126H87N5. The van der Waals surface area contributed by atoms with Gasteiger partial charge >= 0.3 is 0 Å². The first kappa shape index (κ1) is 78.3. The molecule has 0 N–H and O–H groups in total. The third-order valence-electron chi connectivity index (χ3n) is 25.7. The Bertz CT molecular complexity index is 8200. The fraction of sp³-hybridized carbons (Fsp3) is 0. The van der Waals surface area contributed by atoms with Gasteiger partial charge in [0.1, 0.15) is 0 Å². The Morgan fingerprint density at radius 3 is 0.908 bits per heavy atom. The van der Waals surface area contributed by atoms with Crippen LogP contribution in [0.4, 0.5) is 51.2 Å². The minimum atomic E-state index is 1.06. The van der Waals surface area contributed by atoms with Crippen LogP contribution in [0.15, 0.2) is 528 Å². The van der Waals surface area contributed by atoms with E-state index in [1.54, 1.807) is 0 Å². The van der Waals surface area contributed by atoms with Crippen molar-refractivity contribution in [2.24, 2.45) is 0 Å². The maximum Gasteiger partial charge on any atom is 0.0620 e. The predicted octanol–water partition coefficient (Wildman–Crippen LogP) is 35.1. The summed E-state index contributed by atoms with van der Waals surface area (Å²) in [5, 5.41) is 14.6. The van der Waals surface area contributed by atoms with Crippen LogP contribution in [0.2, 0.25) is 0 Å². The Morgan fingerprint density at radius 2 is 0.450 bits per heavy atom. The molecule has 0 radical (unpaired) electrons. The first-order valence-corrected chi connectivity index (χ1v) is 44.9. The molecule has 0 bridgehead atoms. The van der Waals surface area contributed by atoms with Crippen LogP contribution < -0.4 is 14.7 Å². The second-order valence-electron chi connectivity index (χ2n) is 33.4. The monoisotopic (exact) mass is 1670 g/mol. The summed E-state index contributed by atoms with van der Waals surface area (Å²) in [6, 6.07) is 191. The lowest BCUT2D eigenvalue weighted by atomic mass is 9.92. The molecule has 131 heavy (non-hydrogen) atoms. The summed E-state index contributed by atoms with van der Waals surface area (Å²) in [6.45, 7) is 0. The van der Waals surface area contributed by atoms with Crippen LogP contribution >= 0.6 is 0 Å². The van der Waals surface area contributed by atoms with Crippen molar-refractivity contribution in [2.45, 2.75) is 0 Å². The molecule has 5 nitrogen and oxygen atoms in total. The molecule has 22 aromatic carbocycles. The van der Waals surface area contributed by atoms with Crippen LogP contribution in [-0.2, 0) is 0 Å². The minimum Gasteiger partial charge on any atom is -0.311 e. The van der Waals surface area contributed by atoms with Crippen LogP contribution in [0.5, 0.6) is 0 Å². The van der Waals surface area contributed by atoms with Gasteiger partial charge in [0.2, 0.25) is 0 Å². The molecule has 2 heterocycles. The van der Waals surface area contributed by atoms with E-state index >= 15 is 0 Å². The maximum atomic E-state index is 2.54. The SMILES string of the molecule is c1ccc(-c2c(-c3ccccc3)n(-c3ccc4ccccc4c3)c3c2cc(-c2ccc(N(c4ccccc4)c4cccc5ccccc45)cc2)c2ccccc23)cc1.c1ccc(-c2ccc(N(c3ccc(-c4cc5c(-c6ccccc6)c(-c6ccccc6)n(-c6cccc7ccccc67)c5c5ccccc45)cc3)c3ccc(N(c4ccccc4)c4ccccc4)cc3)cc2)cc1. The van der Waals surface area contributed by atoms with E-state index in [1.807, 2.05) is 0 Å². The third-order valence-corrected chi connectivity index (χ3v) is 25.7. The van der Waals surface area contributed by atoms with Crippen molar-refractivity contribution >= 4 is 127 Å². The zero-order chi connectivity index (χ0) is 86.9. The molecule has 0 spiro atoms. The van der Waals surface area contributed by atoms with Gasteiger partial charge in [0.25, 0.3) is 0 Å². The van der Waals surface area contributed by atoms with Gasteiger partial charge in [0, 0.05) is 94.6 Å². The second-order valence-corrected chi connectivity index (χ2v) is 33.4. The van der Waals surface area contributed by atoms with Gasteiger partial charge in [-0.15, -0.1) is 0 Å². The second kappa shape index (κ2) is 34.5.